The fourth-order valence-electron chi connectivity index (χ4n) is 1.45. The number of hydrogen-bond acceptors (Lipinski definition) is 5. The summed E-state index contributed by atoms with van der Waals surface area (Å²) in [5.74, 6) is -2.70. The Hall–Kier alpha value is -2.28. The summed E-state index contributed by atoms with van der Waals surface area (Å²) in [4.78, 5) is 26.3. The molecule has 7 heteroatoms. The zero-order valence-electron chi connectivity index (χ0n) is 9.77. The minimum absolute atomic E-state index is 0.0659. The molecule has 1 aromatic carbocycles. The van der Waals surface area contributed by atoms with Crippen molar-refractivity contribution >= 4 is 28.3 Å². The normalized spacial score (nSPS) is 10.2. The SMILES string of the molecule is Cc1nc(NC(=O)c2ccccc2F)sc1C(=O)[O-]. The highest BCUT2D eigenvalue weighted by Gasteiger charge is 2.14. The monoisotopic (exact) mass is 279 g/mol. The van der Waals surface area contributed by atoms with Crippen LogP contribution in [0.5, 0.6) is 0 Å². The molecule has 5 nitrogen and oxygen atoms in total. The highest BCUT2D eigenvalue weighted by Crippen LogP contribution is 2.22. The summed E-state index contributed by atoms with van der Waals surface area (Å²) in [6.45, 7) is 1.49. The van der Waals surface area contributed by atoms with Crippen LogP contribution in [0.4, 0.5) is 9.52 Å². The third-order valence-electron chi connectivity index (χ3n) is 2.32. The van der Waals surface area contributed by atoms with Crippen molar-refractivity contribution in [3.63, 3.8) is 0 Å². The Kier molecular flexibility index (Phi) is 3.57. The molecular formula is C12H8FN2O3S-. The van der Waals surface area contributed by atoms with E-state index >= 15 is 0 Å². The zero-order chi connectivity index (χ0) is 14.0. The summed E-state index contributed by atoms with van der Waals surface area (Å²) in [5, 5.41) is 13.2. The summed E-state index contributed by atoms with van der Waals surface area (Å²) in [6.07, 6.45) is 0. The van der Waals surface area contributed by atoms with E-state index in [1.165, 1.54) is 25.1 Å². The highest BCUT2D eigenvalue weighted by atomic mass is 32.1. The Balaban J connectivity index is 2.22. The van der Waals surface area contributed by atoms with E-state index in [4.69, 9.17) is 0 Å². The number of thiazole rings is 1. The fraction of sp³-hybridized carbons (Fsp3) is 0.0833. The first-order valence-corrected chi connectivity index (χ1v) is 6.05. The molecule has 1 heterocycles. The number of aromatic carboxylic acids is 1. The van der Waals surface area contributed by atoms with Crippen molar-refractivity contribution in [3.05, 3.63) is 46.2 Å². The molecule has 1 amide bonds. The van der Waals surface area contributed by atoms with E-state index in [2.05, 4.69) is 10.3 Å². The van der Waals surface area contributed by atoms with Crippen molar-refractivity contribution in [2.45, 2.75) is 6.92 Å². The molecule has 0 saturated heterocycles. The van der Waals surface area contributed by atoms with Crippen molar-refractivity contribution in [1.82, 2.24) is 4.98 Å². The molecule has 2 rings (SSSR count). The smallest absolute Gasteiger partial charge is 0.260 e. The van der Waals surface area contributed by atoms with Crippen molar-refractivity contribution < 1.29 is 19.1 Å². The van der Waals surface area contributed by atoms with Gasteiger partial charge >= 0.3 is 0 Å². The number of aryl methyl sites for hydroxylation is 1. The summed E-state index contributed by atoms with van der Waals surface area (Å²) >= 11 is 0.769. The zero-order valence-corrected chi connectivity index (χ0v) is 10.6. The molecule has 1 N–H and O–H groups in total. The molecule has 98 valence electrons. The van der Waals surface area contributed by atoms with Crippen molar-refractivity contribution in [2.75, 3.05) is 5.32 Å². The summed E-state index contributed by atoms with van der Waals surface area (Å²) in [7, 11) is 0. The molecule has 0 aliphatic carbocycles. The molecule has 0 aliphatic rings. The quantitative estimate of drug-likeness (QED) is 0.915. The van der Waals surface area contributed by atoms with Gasteiger partial charge in [0.15, 0.2) is 5.13 Å². The van der Waals surface area contributed by atoms with E-state index in [0.717, 1.165) is 17.4 Å². The number of carboxylic acid groups (broad SMARTS) is 1. The lowest BCUT2D eigenvalue weighted by atomic mass is 10.2. The summed E-state index contributed by atoms with van der Waals surface area (Å²) in [5.41, 5.74) is 0.110. The number of hydrogen-bond donors (Lipinski definition) is 1. The lowest BCUT2D eigenvalue weighted by molar-refractivity contribution is -0.254. The lowest BCUT2D eigenvalue weighted by Crippen LogP contribution is -2.21. The maximum atomic E-state index is 13.4. The van der Waals surface area contributed by atoms with Crippen molar-refractivity contribution in [3.8, 4) is 0 Å². The first-order chi connectivity index (χ1) is 8.99. The largest absolute Gasteiger partial charge is 0.544 e. The number of nitrogens with one attached hydrogen (secondary N) is 1. The van der Waals surface area contributed by atoms with E-state index < -0.39 is 17.7 Å². The van der Waals surface area contributed by atoms with Crippen LogP contribution in [0.25, 0.3) is 0 Å². The predicted octanol–water partition coefficient (Wildman–Crippen LogP) is 1.21. The summed E-state index contributed by atoms with van der Waals surface area (Å²) < 4.78 is 13.4. The number of carbonyl (C=O) groups is 2. The standard InChI is InChI=1S/C12H9FN2O3S/c1-6-9(11(17)18)19-12(14-6)15-10(16)7-4-2-3-5-8(7)13/h2-5H,1H3,(H,17,18)(H,14,15,16)/p-1. The van der Waals surface area contributed by atoms with Gasteiger partial charge in [0.2, 0.25) is 0 Å². The molecule has 0 radical (unpaired) electrons. The minimum Gasteiger partial charge on any atom is -0.544 e. The third-order valence-corrected chi connectivity index (χ3v) is 3.37. The van der Waals surface area contributed by atoms with Crippen LogP contribution in [-0.2, 0) is 0 Å². The number of carbonyl (C=O) groups excluding carboxylic acids is 2. The topological polar surface area (TPSA) is 82.1 Å². The van der Waals surface area contributed by atoms with E-state index in [1.54, 1.807) is 0 Å². The number of amides is 1. The van der Waals surface area contributed by atoms with E-state index in [9.17, 15) is 19.1 Å². The number of nitrogens with zero attached hydrogens (tertiary/aromatic N) is 1. The molecule has 0 atom stereocenters. The molecule has 0 unspecified atom stereocenters. The Morgan fingerprint density at radius 2 is 2.05 bits per heavy atom. The van der Waals surface area contributed by atoms with Crippen LogP contribution in [-0.4, -0.2) is 16.9 Å². The van der Waals surface area contributed by atoms with E-state index in [-0.39, 0.29) is 21.3 Å². The Morgan fingerprint density at radius 3 is 2.63 bits per heavy atom. The number of benzene rings is 1. The van der Waals surface area contributed by atoms with Crippen LogP contribution in [0.1, 0.15) is 25.7 Å². The number of anilines is 1. The van der Waals surface area contributed by atoms with Crippen LogP contribution < -0.4 is 10.4 Å². The number of carboxylic acids is 1. The average molecular weight is 279 g/mol. The van der Waals surface area contributed by atoms with Gasteiger partial charge in [0.25, 0.3) is 5.91 Å². The minimum atomic E-state index is -1.36. The second-order valence-electron chi connectivity index (χ2n) is 3.65. The van der Waals surface area contributed by atoms with Gasteiger partial charge in [-0.3, -0.25) is 10.1 Å². The average Bonchev–Trinajstić information content (AvgIpc) is 2.70. The molecule has 19 heavy (non-hydrogen) atoms. The first-order valence-electron chi connectivity index (χ1n) is 5.23. The Morgan fingerprint density at radius 1 is 1.37 bits per heavy atom. The van der Waals surface area contributed by atoms with Gasteiger partial charge in [-0.15, -0.1) is 0 Å². The maximum absolute atomic E-state index is 13.4. The van der Waals surface area contributed by atoms with Gasteiger partial charge in [-0.2, -0.15) is 0 Å². The third kappa shape index (κ3) is 2.76. The molecule has 1 aromatic heterocycles. The van der Waals surface area contributed by atoms with Gasteiger partial charge in [-0.05, 0) is 19.1 Å². The summed E-state index contributed by atoms with van der Waals surface area (Å²) in [6, 6.07) is 5.48. The maximum Gasteiger partial charge on any atom is 0.260 e. The van der Waals surface area contributed by atoms with Gasteiger partial charge in [-0.25, -0.2) is 9.37 Å². The van der Waals surface area contributed by atoms with Crippen molar-refractivity contribution in [2.24, 2.45) is 0 Å². The van der Waals surface area contributed by atoms with Crippen molar-refractivity contribution in [1.29, 1.82) is 0 Å². The van der Waals surface area contributed by atoms with E-state index in [1.807, 2.05) is 0 Å². The number of halogens is 1. The second-order valence-corrected chi connectivity index (χ2v) is 4.65. The molecular weight excluding hydrogens is 271 g/mol. The molecule has 2 aromatic rings. The number of rotatable bonds is 3. The van der Waals surface area contributed by atoms with E-state index in [0.29, 0.717) is 0 Å². The second kappa shape index (κ2) is 5.15. The highest BCUT2D eigenvalue weighted by molar-refractivity contribution is 7.17. The Labute approximate surface area is 111 Å². The molecule has 0 fully saturated rings. The van der Waals surface area contributed by atoms with Crippen LogP contribution in [0.15, 0.2) is 24.3 Å². The predicted molar refractivity (Wildman–Crippen MR) is 65.5 cm³/mol. The molecule has 0 bridgehead atoms. The van der Waals surface area contributed by atoms with Gasteiger partial charge in [0.05, 0.1) is 22.1 Å². The van der Waals surface area contributed by atoms with Crippen LogP contribution in [0, 0.1) is 12.7 Å². The molecule has 0 saturated carbocycles. The number of aromatic nitrogens is 1. The molecule has 0 spiro atoms. The fourth-order valence-corrected chi connectivity index (χ4v) is 2.25. The van der Waals surface area contributed by atoms with Gasteiger partial charge < -0.3 is 9.90 Å². The van der Waals surface area contributed by atoms with Crippen LogP contribution in [0.3, 0.4) is 0 Å². The van der Waals surface area contributed by atoms with Gasteiger partial charge in [-0.1, -0.05) is 23.5 Å². The van der Waals surface area contributed by atoms with Crippen LogP contribution in [0.2, 0.25) is 0 Å². The van der Waals surface area contributed by atoms with Gasteiger partial charge in [0, 0.05) is 0 Å². The van der Waals surface area contributed by atoms with Crippen LogP contribution >= 0.6 is 11.3 Å². The Bertz CT molecular complexity index is 654. The van der Waals surface area contributed by atoms with Gasteiger partial charge in [0.1, 0.15) is 5.82 Å². The first kappa shape index (κ1) is 13.2. The molecule has 0 aliphatic heterocycles. The lowest BCUT2D eigenvalue weighted by Gasteiger charge is -2.02.